The van der Waals surface area contributed by atoms with Crippen molar-refractivity contribution >= 4 is 5.97 Å². The van der Waals surface area contributed by atoms with Crippen molar-refractivity contribution in [1.82, 2.24) is 0 Å². The molecule has 1 aromatic heterocycles. The second-order valence-corrected chi connectivity index (χ2v) is 3.17. The zero-order chi connectivity index (χ0) is 10.6. The van der Waals surface area contributed by atoms with Crippen molar-refractivity contribution < 1.29 is 13.9 Å². The molecule has 0 unspecified atom stereocenters. The molecule has 0 aliphatic rings. The Morgan fingerprint density at radius 2 is 2.21 bits per heavy atom. The molecule has 0 fully saturated rings. The van der Waals surface area contributed by atoms with E-state index in [0.717, 1.165) is 18.6 Å². The molecule has 14 heavy (non-hydrogen) atoms. The molecule has 0 aliphatic carbocycles. The number of esters is 1. The summed E-state index contributed by atoms with van der Waals surface area (Å²) in [4.78, 5) is 11.5. The van der Waals surface area contributed by atoms with E-state index in [0.29, 0.717) is 17.9 Å². The quantitative estimate of drug-likeness (QED) is 0.695. The minimum absolute atomic E-state index is 0.284. The van der Waals surface area contributed by atoms with Gasteiger partial charge in [0, 0.05) is 6.42 Å². The number of ether oxygens (including phenoxy) is 1. The van der Waals surface area contributed by atoms with Crippen LogP contribution in [-0.4, -0.2) is 12.6 Å². The third-order valence-electron chi connectivity index (χ3n) is 1.97. The average Bonchev–Trinajstić information content (AvgIpc) is 2.56. The number of hydrogen-bond acceptors (Lipinski definition) is 3. The van der Waals surface area contributed by atoms with E-state index in [1.807, 2.05) is 13.8 Å². The van der Waals surface area contributed by atoms with Crippen LogP contribution in [-0.2, 0) is 11.2 Å². The first-order valence-corrected chi connectivity index (χ1v) is 4.95. The van der Waals surface area contributed by atoms with Crippen molar-refractivity contribution in [2.75, 3.05) is 6.61 Å². The lowest BCUT2D eigenvalue weighted by Gasteiger charge is -2.00. The summed E-state index contributed by atoms with van der Waals surface area (Å²) >= 11 is 0. The molecule has 1 aromatic rings. The Bertz CT molecular complexity index is 312. The smallest absolute Gasteiger partial charge is 0.341 e. The van der Waals surface area contributed by atoms with Gasteiger partial charge in [0.2, 0.25) is 0 Å². The van der Waals surface area contributed by atoms with E-state index < -0.39 is 0 Å². The van der Waals surface area contributed by atoms with Crippen LogP contribution in [0.1, 0.15) is 42.1 Å². The van der Waals surface area contributed by atoms with Crippen molar-refractivity contribution in [3.8, 4) is 0 Å². The molecule has 0 bridgehead atoms. The molecule has 0 aliphatic heterocycles. The lowest BCUT2D eigenvalue weighted by Crippen LogP contribution is -2.05. The second-order valence-electron chi connectivity index (χ2n) is 3.17. The summed E-state index contributed by atoms with van der Waals surface area (Å²) < 4.78 is 10.4. The van der Waals surface area contributed by atoms with Gasteiger partial charge in [0.25, 0.3) is 0 Å². The molecule has 0 atom stereocenters. The summed E-state index contributed by atoms with van der Waals surface area (Å²) in [6, 6.07) is 1.76. The van der Waals surface area contributed by atoms with Gasteiger partial charge in [0.1, 0.15) is 17.1 Å². The van der Waals surface area contributed by atoms with Crippen LogP contribution in [0.25, 0.3) is 0 Å². The van der Waals surface area contributed by atoms with Crippen molar-refractivity contribution in [3.05, 3.63) is 23.2 Å². The Kier molecular flexibility index (Phi) is 3.74. The molecule has 0 saturated carbocycles. The number of rotatable bonds is 4. The summed E-state index contributed by atoms with van der Waals surface area (Å²) in [5.41, 5.74) is 0.551. The lowest BCUT2D eigenvalue weighted by molar-refractivity contribution is 0.0503. The standard InChI is InChI=1S/C11H16O3/c1-4-6-13-11(12)10-7-9(5-2)14-8(10)3/h7H,4-6H2,1-3H3. The first kappa shape index (κ1) is 10.8. The monoisotopic (exact) mass is 196 g/mol. The fraction of sp³-hybridized carbons (Fsp3) is 0.545. The number of furan rings is 1. The van der Waals surface area contributed by atoms with Crippen LogP contribution < -0.4 is 0 Å². The van der Waals surface area contributed by atoms with E-state index in [1.54, 1.807) is 13.0 Å². The van der Waals surface area contributed by atoms with E-state index in [2.05, 4.69) is 0 Å². The summed E-state index contributed by atoms with van der Waals surface area (Å²) in [5, 5.41) is 0. The topological polar surface area (TPSA) is 39.4 Å². The third kappa shape index (κ3) is 2.37. The molecular weight excluding hydrogens is 180 g/mol. The van der Waals surface area contributed by atoms with Gasteiger partial charge in [-0.2, -0.15) is 0 Å². The normalized spacial score (nSPS) is 10.2. The maximum atomic E-state index is 11.5. The van der Waals surface area contributed by atoms with Gasteiger partial charge in [-0.15, -0.1) is 0 Å². The molecule has 0 N–H and O–H groups in total. The van der Waals surface area contributed by atoms with Crippen molar-refractivity contribution in [1.29, 1.82) is 0 Å². The molecule has 0 amide bonds. The predicted molar refractivity (Wildman–Crippen MR) is 53.4 cm³/mol. The number of carbonyl (C=O) groups excluding carboxylic acids is 1. The van der Waals surface area contributed by atoms with Crippen LogP contribution in [0.5, 0.6) is 0 Å². The predicted octanol–water partition coefficient (Wildman–Crippen LogP) is 2.72. The SMILES string of the molecule is CCCOC(=O)c1cc(CC)oc1C. The van der Waals surface area contributed by atoms with Gasteiger partial charge in [-0.1, -0.05) is 13.8 Å². The Morgan fingerprint density at radius 1 is 1.50 bits per heavy atom. The summed E-state index contributed by atoms with van der Waals surface area (Å²) in [6.07, 6.45) is 1.63. The van der Waals surface area contributed by atoms with Crippen molar-refractivity contribution in [2.45, 2.75) is 33.6 Å². The maximum absolute atomic E-state index is 11.5. The van der Waals surface area contributed by atoms with Gasteiger partial charge >= 0.3 is 5.97 Å². The van der Waals surface area contributed by atoms with Gasteiger partial charge in [-0.3, -0.25) is 0 Å². The highest BCUT2D eigenvalue weighted by Gasteiger charge is 2.14. The molecule has 3 nitrogen and oxygen atoms in total. The number of aryl methyl sites for hydroxylation is 2. The maximum Gasteiger partial charge on any atom is 0.341 e. The highest BCUT2D eigenvalue weighted by atomic mass is 16.5. The molecule has 0 saturated heterocycles. The van der Waals surface area contributed by atoms with E-state index in [-0.39, 0.29) is 5.97 Å². The summed E-state index contributed by atoms with van der Waals surface area (Å²) in [6.45, 7) is 6.19. The highest BCUT2D eigenvalue weighted by Crippen LogP contribution is 2.16. The van der Waals surface area contributed by atoms with E-state index >= 15 is 0 Å². The Labute approximate surface area is 84.1 Å². The van der Waals surface area contributed by atoms with Gasteiger partial charge in [0.15, 0.2) is 0 Å². The molecule has 0 radical (unpaired) electrons. The van der Waals surface area contributed by atoms with Crippen LogP contribution in [0.3, 0.4) is 0 Å². The first-order valence-electron chi connectivity index (χ1n) is 4.95. The number of carbonyl (C=O) groups is 1. The Morgan fingerprint density at radius 3 is 2.71 bits per heavy atom. The van der Waals surface area contributed by atoms with Crippen LogP contribution in [0, 0.1) is 6.92 Å². The molecule has 1 rings (SSSR count). The number of hydrogen-bond donors (Lipinski definition) is 0. The molecule has 3 heteroatoms. The largest absolute Gasteiger partial charge is 0.465 e. The first-order chi connectivity index (χ1) is 6.69. The van der Waals surface area contributed by atoms with Gasteiger partial charge < -0.3 is 9.15 Å². The molecular formula is C11H16O3. The van der Waals surface area contributed by atoms with Crippen LogP contribution >= 0.6 is 0 Å². The van der Waals surface area contributed by atoms with E-state index in [4.69, 9.17) is 9.15 Å². The van der Waals surface area contributed by atoms with Gasteiger partial charge in [0.05, 0.1) is 6.61 Å². The molecule has 0 spiro atoms. The summed E-state index contributed by atoms with van der Waals surface area (Å²) in [5.74, 6) is 1.18. The fourth-order valence-corrected chi connectivity index (χ4v) is 1.19. The van der Waals surface area contributed by atoms with Crippen LogP contribution in [0.2, 0.25) is 0 Å². The molecule has 1 heterocycles. The minimum Gasteiger partial charge on any atom is -0.465 e. The Hall–Kier alpha value is -1.25. The van der Waals surface area contributed by atoms with Gasteiger partial charge in [-0.25, -0.2) is 4.79 Å². The van der Waals surface area contributed by atoms with E-state index in [1.165, 1.54) is 0 Å². The van der Waals surface area contributed by atoms with Gasteiger partial charge in [-0.05, 0) is 19.4 Å². The third-order valence-corrected chi connectivity index (χ3v) is 1.97. The molecule has 78 valence electrons. The van der Waals surface area contributed by atoms with Crippen molar-refractivity contribution in [2.24, 2.45) is 0 Å². The van der Waals surface area contributed by atoms with Crippen molar-refractivity contribution in [3.63, 3.8) is 0 Å². The minimum atomic E-state index is -0.284. The van der Waals surface area contributed by atoms with E-state index in [9.17, 15) is 4.79 Å². The Balaban J connectivity index is 2.73. The summed E-state index contributed by atoms with van der Waals surface area (Å²) in [7, 11) is 0. The lowest BCUT2D eigenvalue weighted by atomic mass is 10.2. The van der Waals surface area contributed by atoms with Crippen LogP contribution in [0.4, 0.5) is 0 Å². The highest BCUT2D eigenvalue weighted by molar-refractivity contribution is 5.90. The zero-order valence-electron chi connectivity index (χ0n) is 8.92. The molecule has 0 aromatic carbocycles. The second kappa shape index (κ2) is 4.84. The zero-order valence-corrected chi connectivity index (χ0v) is 8.92. The fourth-order valence-electron chi connectivity index (χ4n) is 1.19. The average molecular weight is 196 g/mol. The van der Waals surface area contributed by atoms with Crippen LogP contribution in [0.15, 0.2) is 10.5 Å².